The number of hydrogen-bond acceptors (Lipinski definition) is 8. The molecule has 4 rings (SSSR count). The molecule has 1 aliphatic carbocycles. The molecule has 10 nitrogen and oxygen atoms in total. The molecule has 2 amide bonds. The Hall–Kier alpha value is -2.40. The van der Waals surface area contributed by atoms with E-state index in [2.05, 4.69) is 20.2 Å². The van der Waals surface area contributed by atoms with E-state index in [9.17, 15) is 9.59 Å². The Bertz CT molecular complexity index is 960. The van der Waals surface area contributed by atoms with Gasteiger partial charge in [-0.15, -0.1) is 0 Å². The van der Waals surface area contributed by atoms with Crippen molar-refractivity contribution in [3.05, 3.63) is 12.4 Å². The number of aromatic nitrogens is 2. The third-order valence-electron chi connectivity index (χ3n) is 7.33. The van der Waals surface area contributed by atoms with Crippen LogP contribution in [0.2, 0.25) is 0 Å². The molecule has 36 heavy (non-hydrogen) atoms. The summed E-state index contributed by atoms with van der Waals surface area (Å²) in [5, 5.41) is 2.65. The van der Waals surface area contributed by atoms with Crippen molar-refractivity contribution in [2.75, 3.05) is 18.0 Å². The summed E-state index contributed by atoms with van der Waals surface area (Å²) in [4.78, 5) is 38.5. The summed E-state index contributed by atoms with van der Waals surface area (Å²) in [7, 11) is -0.503. The van der Waals surface area contributed by atoms with Crippen molar-refractivity contribution in [2.24, 2.45) is 0 Å². The van der Waals surface area contributed by atoms with Crippen molar-refractivity contribution in [1.29, 1.82) is 0 Å². The fourth-order valence-electron chi connectivity index (χ4n) is 4.53. The molecule has 1 unspecified atom stereocenters. The zero-order chi connectivity index (χ0) is 26.5. The number of rotatable bonds is 6. The second-order valence-electron chi connectivity index (χ2n) is 12.1. The first kappa shape index (κ1) is 26.7. The normalized spacial score (nSPS) is 23.9. The van der Waals surface area contributed by atoms with Crippen molar-refractivity contribution in [3.63, 3.8) is 0 Å². The molecule has 2 saturated heterocycles. The third kappa shape index (κ3) is 5.77. The van der Waals surface area contributed by atoms with Crippen LogP contribution in [0.3, 0.4) is 0 Å². The van der Waals surface area contributed by atoms with Crippen molar-refractivity contribution < 1.29 is 23.6 Å². The maximum absolute atomic E-state index is 13.0. The van der Waals surface area contributed by atoms with Gasteiger partial charge in [0.1, 0.15) is 11.6 Å². The molecular weight excluding hydrogens is 461 g/mol. The number of likely N-dealkylation sites (tertiary alicyclic amines) is 1. The number of alkyl carbamates (subject to hydrolysis) is 1. The molecular formula is C25H40BN5O5. The lowest BCUT2D eigenvalue weighted by molar-refractivity contribution is -0.132. The fraction of sp³-hybridized carbons (Fsp3) is 0.760. The quantitative estimate of drug-likeness (QED) is 0.592. The van der Waals surface area contributed by atoms with Gasteiger partial charge < -0.3 is 29.2 Å². The van der Waals surface area contributed by atoms with Gasteiger partial charge in [0.2, 0.25) is 11.9 Å². The minimum absolute atomic E-state index is 0.115. The van der Waals surface area contributed by atoms with E-state index in [-0.39, 0.29) is 11.9 Å². The van der Waals surface area contributed by atoms with Gasteiger partial charge in [0.25, 0.3) is 0 Å². The molecule has 1 aromatic heterocycles. The molecule has 3 heterocycles. The van der Waals surface area contributed by atoms with E-state index >= 15 is 0 Å². The zero-order valence-corrected chi connectivity index (χ0v) is 22.8. The predicted octanol–water partition coefficient (Wildman–Crippen LogP) is 2.26. The zero-order valence-electron chi connectivity index (χ0n) is 22.8. The Morgan fingerprint density at radius 3 is 2.22 bits per heavy atom. The van der Waals surface area contributed by atoms with Crippen LogP contribution >= 0.6 is 0 Å². The first-order valence-corrected chi connectivity index (χ1v) is 12.9. The van der Waals surface area contributed by atoms with E-state index in [4.69, 9.17) is 14.0 Å². The number of ether oxygens (including phenoxy) is 1. The largest absolute Gasteiger partial charge is 0.498 e. The van der Waals surface area contributed by atoms with Gasteiger partial charge in [0.05, 0.1) is 17.2 Å². The molecule has 1 aromatic rings. The molecule has 3 fully saturated rings. The maximum atomic E-state index is 13.0. The van der Waals surface area contributed by atoms with Gasteiger partial charge in [-0.1, -0.05) is 0 Å². The van der Waals surface area contributed by atoms with Crippen LogP contribution in [0.4, 0.5) is 10.7 Å². The van der Waals surface area contributed by atoms with Crippen molar-refractivity contribution in [1.82, 2.24) is 20.2 Å². The average Bonchev–Trinajstić information content (AvgIpc) is 3.41. The highest BCUT2D eigenvalue weighted by atomic mass is 16.7. The van der Waals surface area contributed by atoms with Gasteiger partial charge in [0.15, 0.2) is 0 Å². The standard InChI is InChI=1S/C25H40BN5O5/c1-16(29-22(33)34-23(2,3)4)20(32)30-12-11-19(15-30)31(18-9-10-18)21-27-13-17(14-28-21)26-35-24(5,6)25(7,8)36-26/h13-14,16,18-19H,9-12,15H2,1-8H3,(H,29,33)/t16?,19-/m0/s1. The minimum atomic E-state index is -0.663. The molecule has 2 atom stereocenters. The van der Waals surface area contributed by atoms with Crippen LogP contribution in [0.5, 0.6) is 0 Å². The summed E-state index contributed by atoms with van der Waals surface area (Å²) >= 11 is 0. The Morgan fingerprint density at radius 2 is 1.69 bits per heavy atom. The Balaban J connectivity index is 1.39. The van der Waals surface area contributed by atoms with Crippen LogP contribution < -0.4 is 15.7 Å². The smallest absolute Gasteiger partial charge is 0.444 e. The van der Waals surface area contributed by atoms with Gasteiger partial charge in [-0.25, -0.2) is 14.8 Å². The molecule has 0 spiro atoms. The van der Waals surface area contributed by atoms with E-state index in [1.165, 1.54) is 0 Å². The fourth-order valence-corrected chi connectivity index (χ4v) is 4.53. The van der Waals surface area contributed by atoms with Crippen molar-refractivity contribution in [2.45, 2.75) is 110 Å². The lowest BCUT2D eigenvalue weighted by Crippen LogP contribution is -2.48. The minimum Gasteiger partial charge on any atom is -0.444 e. The number of nitrogens with zero attached hydrogens (tertiary/aromatic N) is 4. The lowest BCUT2D eigenvalue weighted by atomic mass is 9.81. The molecule has 3 aliphatic rings. The highest BCUT2D eigenvalue weighted by molar-refractivity contribution is 6.61. The van der Waals surface area contributed by atoms with E-state index in [1.807, 2.05) is 27.7 Å². The Kier molecular flexibility index (Phi) is 7.02. The highest BCUT2D eigenvalue weighted by Gasteiger charge is 2.52. The second kappa shape index (κ2) is 9.48. The first-order chi connectivity index (χ1) is 16.7. The maximum Gasteiger partial charge on any atom is 0.498 e. The third-order valence-corrected chi connectivity index (χ3v) is 7.33. The van der Waals surface area contributed by atoms with Crippen LogP contribution in [0.25, 0.3) is 0 Å². The van der Waals surface area contributed by atoms with Gasteiger partial charge >= 0.3 is 13.2 Å². The number of carbonyl (C=O) groups excluding carboxylic acids is 2. The van der Waals surface area contributed by atoms with E-state index in [0.717, 1.165) is 24.7 Å². The number of anilines is 1. The summed E-state index contributed by atoms with van der Waals surface area (Å²) < 4.78 is 17.5. The molecule has 11 heteroatoms. The first-order valence-electron chi connectivity index (χ1n) is 12.9. The van der Waals surface area contributed by atoms with E-state index in [0.29, 0.717) is 25.1 Å². The molecule has 1 saturated carbocycles. The van der Waals surface area contributed by atoms with Crippen LogP contribution in [0, 0.1) is 0 Å². The molecule has 1 N–H and O–H groups in total. The average molecular weight is 501 g/mol. The summed E-state index contributed by atoms with van der Waals surface area (Å²) in [6, 6.07) is -0.161. The van der Waals surface area contributed by atoms with Gasteiger partial charge in [-0.3, -0.25) is 4.79 Å². The molecule has 2 aliphatic heterocycles. The topological polar surface area (TPSA) is 106 Å². The van der Waals surface area contributed by atoms with Gasteiger partial charge in [-0.2, -0.15) is 0 Å². The highest BCUT2D eigenvalue weighted by Crippen LogP contribution is 2.37. The predicted molar refractivity (Wildman–Crippen MR) is 137 cm³/mol. The number of amides is 2. The lowest BCUT2D eigenvalue weighted by Gasteiger charge is -2.32. The monoisotopic (exact) mass is 501 g/mol. The molecule has 198 valence electrons. The van der Waals surface area contributed by atoms with Crippen LogP contribution in [-0.2, 0) is 18.8 Å². The van der Waals surface area contributed by atoms with E-state index < -0.39 is 36.1 Å². The molecule has 0 radical (unpaired) electrons. The van der Waals surface area contributed by atoms with Gasteiger partial charge in [-0.05, 0) is 74.7 Å². The van der Waals surface area contributed by atoms with Crippen LogP contribution in [-0.4, -0.2) is 82.0 Å². The van der Waals surface area contributed by atoms with Crippen LogP contribution in [0.1, 0.15) is 74.7 Å². The SMILES string of the molecule is CC(NC(=O)OC(C)(C)C)C(=O)N1CC[C@H](N(c2ncc(B3OC(C)(C)C(C)(C)O3)cn2)C2CC2)C1. The summed E-state index contributed by atoms with van der Waals surface area (Å²) in [6.45, 7) is 16.3. The Morgan fingerprint density at radius 1 is 1.11 bits per heavy atom. The summed E-state index contributed by atoms with van der Waals surface area (Å²) in [6.07, 6.45) is 5.97. The van der Waals surface area contributed by atoms with E-state index in [1.54, 1.807) is 45.0 Å². The number of carbonyl (C=O) groups is 2. The number of hydrogen-bond donors (Lipinski definition) is 1. The molecule has 0 aromatic carbocycles. The summed E-state index contributed by atoms with van der Waals surface area (Å²) in [5.74, 6) is 0.549. The summed E-state index contributed by atoms with van der Waals surface area (Å²) in [5.41, 5.74) is -0.676. The van der Waals surface area contributed by atoms with Crippen molar-refractivity contribution >= 4 is 30.5 Å². The van der Waals surface area contributed by atoms with Gasteiger partial charge in [0, 0.05) is 37.0 Å². The molecule has 0 bridgehead atoms. The number of nitrogens with one attached hydrogen (secondary N) is 1. The van der Waals surface area contributed by atoms with Crippen molar-refractivity contribution in [3.8, 4) is 0 Å². The second-order valence-corrected chi connectivity index (χ2v) is 12.1. The Labute approximate surface area is 214 Å². The van der Waals surface area contributed by atoms with Crippen LogP contribution in [0.15, 0.2) is 12.4 Å².